The fourth-order valence-electron chi connectivity index (χ4n) is 1.75. The summed E-state index contributed by atoms with van der Waals surface area (Å²) >= 11 is 0. The zero-order valence-electron chi connectivity index (χ0n) is 11.2. The van der Waals surface area contributed by atoms with E-state index in [0.29, 0.717) is 5.56 Å². The van der Waals surface area contributed by atoms with Crippen molar-refractivity contribution in [1.29, 1.82) is 0 Å². The smallest absolute Gasteiger partial charge is 0.478 e. The molecule has 0 saturated heterocycles. The van der Waals surface area contributed by atoms with E-state index < -0.39 is 32.9 Å². The van der Waals surface area contributed by atoms with E-state index in [1.807, 2.05) is 0 Å². The number of carboxylic acid groups (broad SMARTS) is 1. The molecule has 0 radical (unpaired) electrons. The van der Waals surface area contributed by atoms with Gasteiger partial charge < -0.3 is 9.29 Å². The third-order valence-electron chi connectivity index (χ3n) is 2.80. The van der Waals surface area contributed by atoms with Crippen molar-refractivity contribution in [3.8, 4) is 16.9 Å². The average Bonchev–Trinajstić information content (AvgIpc) is 2.46. The highest BCUT2D eigenvalue weighted by Gasteiger charge is 2.48. The largest absolute Gasteiger partial charge is 0.534 e. The first-order chi connectivity index (χ1) is 10.6. The first-order valence-electron chi connectivity index (χ1n) is 6.05. The minimum atomic E-state index is -5.92. The number of carboxylic acids is 1. The van der Waals surface area contributed by atoms with Gasteiger partial charge in [-0.15, -0.1) is 0 Å². The number of hydrogen-bond donors (Lipinski definition) is 1. The molecule has 0 atom stereocenters. The van der Waals surface area contributed by atoms with Gasteiger partial charge in [-0.2, -0.15) is 21.6 Å². The molecule has 2 rings (SSSR count). The van der Waals surface area contributed by atoms with E-state index in [1.165, 1.54) is 18.2 Å². The number of halogens is 3. The summed E-state index contributed by atoms with van der Waals surface area (Å²) in [6.07, 6.45) is 0. The van der Waals surface area contributed by atoms with Crippen molar-refractivity contribution >= 4 is 16.1 Å². The van der Waals surface area contributed by atoms with Gasteiger partial charge in [-0.05, 0) is 23.8 Å². The van der Waals surface area contributed by atoms with Crippen molar-refractivity contribution in [2.24, 2.45) is 0 Å². The fourth-order valence-corrected chi connectivity index (χ4v) is 2.21. The van der Waals surface area contributed by atoms with Crippen LogP contribution in [0.25, 0.3) is 11.1 Å². The molecule has 0 amide bonds. The molecule has 0 unspecified atom stereocenters. The molecular weight excluding hydrogens is 337 g/mol. The summed E-state index contributed by atoms with van der Waals surface area (Å²) in [5.74, 6) is -2.15. The lowest BCUT2D eigenvalue weighted by atomic mass is 10.0. The summed E-state index contributed by atoms with van der Waals surface area (Å²) in [6, 6.07) is 10.9. The highest BCUT2D eigenvalue weighted by molar-refractivity contribution is 7.88. The van der Waals surface area contributed by atoms with Crippen molar-refractivity contribution in [3.05, 3.63) is 54.1 Å². The lowest BCUT2D eigenvalue weighted by molar-refractivity contribution is -0.0499. The van der Waals surface area contributed by atoms with E-state index in [1.54, 1.807) is 18.2 Å². The molecule has 0 fully saturated rings. The molecule has 0 aromatic heterocycles. The molecule has 5 nitrogen and oxygen atoms in total. The zero-order valence-corrected chi connectivity index (χ0v) is 12.1. The Hall–Kier alpha value is -2.55. The molecule has 0 aliphatic carbocycles. The Bertz CT molecular complexity index is 829. The van der Waals surface area contributed by atoms with Crippen molar-refractivity contribution < 1.29 is 35.7 Å². The summed E-state index contributed by atoms with van der Waals surface area (Å²) in [6.45, 7) is 0. The van der Waals surface area contributed by atoms with Crippen LogP contribution in [0.2, 0.25) is 0 Å². The van der Waals surface area contributed by atoms with Gasteiger partial charge in [-0.1, -0.05) is 30.3 Å². The Labute approximate surface area is 129 Å². The van der Waals surface area contributed by atoms with Gasteiger partial charge in [0.05, 0.1) is 5.56 Å². The van der Waals surface area contributed by atoms with Crippen LogP contribution in [-0.2, 0) is 10.1 Å². The van der Waals surface area contributed by atoms with Crippen LogP contribution in [0.3, 0.4) is 0 Å². The highest BCUT2D eigenvalue weighted by atomic mass is 32.2. The number of benzene rings is 2. The van der Waals surface area contributed by atoms with E-state index in [-0.39, 0.29) is 5.56 Å². The van der Waals surface area contributed by atoms with Gasteiger partial charge in [-0.3, -0.25) is 0 Å². The predicted octanol–water partition coefficient (Wildman–Crippen LogP) is 3.28. The lowest BCUT2D eigenvalue weighted by Crippen LogP contribution is -2.28. The maximum atomic E-state index is 12.5. The van der Waals surface area contributed by atoms with Crippen LogP contribution in [-0.4, -0.2) is 25.0 Å². The van der Waals surface area contributed by atoms with Gasteiger partial charge in [0.2, 0.25) is 0 Å². The summed E-state index contributed by atoms with van der Waals surface area (Å²) in [5.41, 5.74) is -5.64. The second-order valence-electron chi connectivity index (χ2n) is 4.37. The topological polar surface area (TPSA) is 80.7 Å². The Morgan fingerprint density at radius 2 is 1.65 bits per heavy atom. The molecule has 0 saturated carbocycles. The number of aromatic carboxylic acids is 1. The summed E-state index contributed by atoms with van der Waals surface area (Å²) in [5, 5.41) is 8.90. The van der Waals surface area contributed by atoms with Crippen molar-refractivity contribution in [1.82, 2.24) is 0 Å². The summed E-state index contributed by atoms with van der Waals surface area (Å²) in [7, 11) is -5.92. The Morgan fingerprint density at radius 1 is 1.04 bits per heavy atom. The number of carbonyl (C=O) groups is 1. The van der Waals surface area contributed by atoms with Gasteiger partial charge in [-0.25, -0.2) is 4.79 Å². The normalized spacial score (nSPS) is 12.0. The molecule has 0 bridgehead atoms. The lowest BCUT2D eigenvalue weighted by Gasteiger charge is -2.13. The van der Waals surface area contributed by atoms with Crippen molar-refractivity contribution in [3.63, 3.8) is 0 Å². The second kappa shape index (κ2) is 5.92. The van der Waals surface area contributed by atoms with Gasteiger partial charge in [0.25, 0.3) is 0 Å². The zero-order chi connectivity index (χ0) is 17.3. The van der Waals surface area contributed by atoms with Crippen molar-refractivity contribution in [2.75, 3.05) is 0 Å². The van der Waals surface area contributed by atoms with Crippen LogP contribution in [0.5, 0.6) is 5.75 Å². The minimum absolute atomic E-state index is 0.0171. The van der Waals surface area contributed by atoms with Gasteiger partial charge in [0, 0.05) is 5.56 Å². The molecule has 1 N–H and O–H groups in total. The number of alkyl halides is 3. The second-order valence-corrected chi connectivity index (χ2v) is 5.90. The predicted molar refractivity (Wildman–Crippen MR) is 74.4 cm³/mol. The molecule has 0 aliphatic rings. The van der Waals surface area contributed by atoms with Crippen LogP contribution in [0.1, 0.15) is 10.4 Å². The molecule has 0 aliphatic heterocycles. The quantitative estimate of drug-likeness (QED) is 0.679. The molecular formula is C14H9F3O5S. The molecule has 0 spiro atoms. The van der Waals surface area contributed by atoms with Crippen LogP contribution >= 0.6 is 0 Å². The summed E-state index contributed by atoms with van der Waals surface area (Å²) in [4.78, 5) is 10.9. The molecule has 122 valence electrons. The average molecular weight is 346 g/mol. The number of rotatable bonds is 4. The highest BCUT2D eigenvalue weighted by Crippen LogP contribution is 2.35. The maximum absolute atomic E-state index is 12.5. The van der Waals surface area contributed by atoms with Crippen LogP contribution in [0.4, 0.5) is 13.2 Å². The Balaban J connectivity index is 2.59. The Morgan fingerprint density at radius 3 is 2.17 bits per heavy atom. The third-order valence-corrected chi connectivity index (χ3v) is 3.76. The van der Waals surface area contributed by atoms with Crippen LogP contribution in [0, 0.1) is 0 Å². The first kappa shape index (κ1) is 16.8. The molecule has 2 aromatic carbocycles. The SMILES string of the molecule is O=C(O)c1ccc(-c2ccccc2)c(OS(=O)(=O)C(F)(F)F)c1. The van der Waals surface area contributed by atoms with E-state index >= 15 is 0 Å². The molecule has 0 heterocycles. The van der Waals surface area contributed by atoms with Gasteiger partial charge >= 0.3 is 21.6 Å². The monoisotopic (exact) mass is 346 g/mol. The minimum Gasteiger partial charge on any atom is -0.478 e. The van der Waals surface area contributed by atoms with E-state index in [0.717, 1.165) is 12.1 Å². The Kier molecular flexibility index (Phi) is 4.33. The molecule has 23 heavy (non-hydrogen) atoms. The standard InChI is InChI=1S/C14H9F3O5S/c15-14(16,17)23(20,21)22-12-8-10(13(18)19)6-7-11(12)9-4-2-1-3-5-9/h1-8H,(H,18,19). The summed E-state index contributed by atoms with van der Waals surface area (Å²) < 4.78 is 64.0. The van der Waals surface area contributed by atoms with E-state index in [4.69, 9.17) is 5.11 Å². The van der Waals surface area contributed by atoms with E-state index in [2.05, 4.69) is 4.18 Å². The first-order valence-corrected chi connectivity index (χ1v) is 7.46. The van der Waals surface area contributed by atoms with Crippen molar-refractivity contribution in [2.45, 2.75) is 5.51 Å². The third kappa shape index (κ3) is 3.62. The van der Waals surface area contributed by atoms with Crippen LogP contribution < -0.4 is 4.18 Å². The van der Waals surface area contributed by atoms with E-state index in [9.17, 15) is 26.4 Å². The fraction of sp³-hybridized carbons (Fsp3) is 0.0714. The van der Waals surface area contributed by atoms with Crippen LogP contribution in [0.15, 0.2) is 48.5 Å². The number of hydrogen-bond acceptors (Lipinski definition) is 4. The molecule has 9 heteroatoms. The molecule has 2 aromatic rings. The van der Waals surface area contributed by atoms with Gasteiger partial charge in [0.15, 0.2) is 5.75 Å². The van der Waals surface area contributed by atoms with Gasteiger partial charge in [0.1, 0.15) is 0 Å². The maximum Gasteiger partial charge on any atom is 0.534 e.